The van der Waals surface area contributed by atoms with Gasteiger partial charge in [-0.15, -0.1) is 0 Å². The smallest absolute Gasteiger partial charge is 0.264 e. The van der Waals surface area contributed by atoms with Gasteiger partial charge in [-0.2, -0.15) is 0 Å². The number of nitrogens with one attached hydrogen (secondary N) is 1. The Morgan fingerprint density at radius 3 is 2.15 bits per heavy atom. The van der Waals surface area contributed by atoms with Gasteiger partial charge in [-0.25, -0.2) is 8.42 Å². The number of nitrogens with zero attached hydrogens (tertiary/aromatic N) is 2. The average Bonchev–Trinajstić information content (AvgIpc) is 3.57. The monoisotopic (exact) mass is 657 g/mol. The number of anilines is 1. The van der Waals surface area contributed by atoms with Crippen molar-refractivity contribution < 1.29 is 18.0 Å². The quantitative estimate of drug-likeness (QED) is 0.181. The Hall–Kier alpha value is -4.14. The number of aryl methyl sites for hydroxylation is 2. The molecule has 5 rings (SSSR count). The molecule has 0 aromatic heterocycles. The standard InChI is InChI=1S/C37H40ClN3O4S/c1-27-13-9-10-16-30(27)25-40(35(23-29-14-5-3-6-15-29)37(43)39-32-17-11-12-18-32)36(42)26-41(34-24-31(38)22-21-28(34)2)46(44,45)33-19-7-4-8-20-33/h3-10,13-16,19-22,24,32,35H,11-12,17-18,23,25-26H2,1-2H3,(H,39,43)/t35-/m0/s1. The fourth-order valence-electron chi connectivity index (χ4n) is 5.98. The number of sulfonamides is 1. The highest BCUT2D eigenvalue weighted by Crippen LogP contribution is 2.30. The van der Waals surface area contributed by atoms with Crippen molar-refractivity contribution in [3.63, 3.8) is 0 Å². The molecule has 1 N–H and O–H groups in total. The van der Waals surface area contributed by atoms with E-state index in [0.717, 1.165) is 46.7 Å². The minimum atomic E-state index is -4.20. The molecule has 0 unspecified atom stereocenters. The van der Waals surface area contributed by atoms with E-state index in [9.17, 15) is 18.0 Å². The number of hydrogen-bond donors (Lipinski definition) is 1. The minimum Gasteiger partial charge on any atom is -0.352 e. The highest BCUT2D eigenvalue weighted by atomic mass is 35.5. The summed E-state index contributed by atoms with van der Waals surface area (Å²) in [5, 5.41) is 3.55. The van der Waals surface area contributed by atoms with Crippen LogP contribution >= 0.6 is 11.6 Å². The molecule has 0 aliphatic heterocycles. The van der Waals surface area contributed by atoms with Crippen molar-refractivity contribution in [3.05, 3.63) is 130 Å². The lowest BCUT2D eigenvalue weighted by atomic mass is 10.0. The number of halogens is 1. The van der Waals surface area contributed by atoms with E-state index < -0.39 is 28.5 Å². The summed E-state index contributed by atoms with van der Waals surface area (Å²) in [5.41, 5.74) is 3.68. The molecule has 1 aliphatic carbocycles. The van der Waals surface area contributed by atoms with Crippen molar-refractivity contribution in [2.45, 2.75) is 69.5 Å². The second kappa shape index (κ2) is 15.0. The van der Waals surface area contributed by atoms with Gasteiger partial charge < -0.3 is 10.2 Å². The van der Waals surface area contributed by atoms with E-state index in [0.29, 0.717) is 16.3 Å². The van der Waals surface area contributed by atoms with E-state index in [1.807, 2.05) is 61.5 Å². The van der Waals surface area contributed by atoms with Crippen molar-refractivity contribution >= 4 is 39.1 Å². The summed E-state index contributed by atoms with van der Waals surface area (Å²) in [6.07, 6.45) is 4.16. The van der Waals surface area contributed by atoms with Crippen LogP contribution in [0.1, 0.15) is 47.9 Å². The molecular weight excluding hydrogens is 618 g/mol. The van der Waals surface area contributed by atoms with Crippen LogP contribution in [0.15, 0.2) is 108 Å². The zero-order valence-electron chi connectivity index (χ0n) is 26.2. The van der Waals surface area contributed by atoms with Crippen LogP contribution in [-0.4, -0.2) is 43.8 Å². The summed E-state index contributed by atoms with van der Waals surface area (Å²) in [5.74, 6) is -0.737. The van der Waals surface area contributed by atoms with Gasteiger partial charge in [0.1, 0.15) is 12.6 Å². The van der Waals surface area contributed by atoms with Crippen LogP contribution in [-0.2, 0) is 32.6 Å². The molecule has 9 heteroatoms. The first kappa shape index (κ1) is 33.2. The first-order valence-electron chi connectivity index (χ1n) is 15.7. The summed E-state index contributed by atoms with van der Waals surface area (Å²) in [7, 11) is -4.20. The third-order valence-corrected chi connectivity index (χ3v) is 10.6. The van der Waals surface area contributed by atoms with Crippen molar-refractivity contribution in [2.24, 2.45) is 0 Å². The van der Waals surface area contributed by atoms with E-state index in [2.05, 4.69) is 5.32 Å². The van der Waals surface area contributed by atoms with Crippen LogP contribution in [0.4, 0.5) is 5.69 Å². The number of amides is 2. The second-order valence-electron chi connectivity index (χ2n) is 11.9. The van der Waals surface area contributed by atoms with Crippen LogP contribution in [0.25, 0.3) is 0 Å². The molecule has 1 atom stereocenters. The first-order chi connectivity index (χ1) is 22.1. The third kappa shape index (κ3) is 7.98. The molecule has 7 nitrogen and oxygen atoms in total. The molecule has 4 aromatic carbocycles. The molecule has 0 spiro atoms. The number of carbonyl (C=O) groups excluding carboxylic acids is 2. The van der Waals surface area contributed by atoms with Crippen LogP contribution in [0.3, 0.4) is 0 Å². The zero-order chi connectivity index (χ0) is 32.7. The van der Waals surface area contributed by atoms with E-state index >= 15 is 0 Å². The van der Waals surface area contributed by atoms with E-state index in [4.69, 9.17) is 11.6 Å². The molecule has 0 bridgehead atoms. The Kier molecular flexibility index (Phi) is 10.8. The summed E-state index contributed by atoms with van der Waals surface area (Å²) < 4.78 is 29.6. The molecule has 2 amide bonds. The van der Waals surface area contributed by atoms with Crippen molar-refractivity contribution in [3.8, 4) is 0 Å². The number of hydrogen-bond acceptors (Lipinski definition) is 4. The predicted molar refractivity (Wildman–Crippen MR) is 183 cm³/mol. The highest BCUT2D eigenvalue weighted by molar-refractivity contribution is 7.92. The van der Waals surface area contributed by atoms with Crippen LogP contribution < -0.4 is 9.62 Å². The van der Waals surface area contributed by atoms with E-state index in [-0.39, 0.29) is 29.8 Å². The number of benzene rings is 4. The Bertz CT molecular complexity index is 1760. The van der Waals surface area contributed by atoms with Crippen molar-refractivity contribution in [1.29, 1.82) is 0 Å². The fourth-order valence-corrected chi connectivity index (χ4v) is 7.63. The molecule has 1 fully saturated rings. The Morgan fingerprint density at radius 2 is 1.48 bits per heavy atom. The molecular formula is C37H40ClN3O4S. The largest absolute Gasteiger partial charge is 0.352 e. The van der Waals surface area contributed by atoms with Gasteiger partial charge in [-0.3, -0.25) is 13.9 Å². The van der Waals surface area contributed by atoms with Gasteiger partial charge in [-0.1, -0.05) is 103 Å². The molecule has 240 valence electrons. The lowest BCUT2D eigenvalue weighted by Gasteiger charge is -2.35. The molecule has 46 heavy (non-hydrogen) atoms. The zero-order valence-corrected chi connectivity index (χ0v) is 27.8. The topological polar surface area (TPSA) is 86.8 Å². The van der Waals surface area contributed by atoms with Gasteiger partial charge in [0, 0.05) is 24.0 Å². The van der Waals surface area contributed by atoms with Gasteiger partial charge in [0.05, 0.1) is 10.6 Å². The fraction of sp³-hybridized carbons (Fsp3) is 0.297. The van der Waals surface area contributed by atoms with Gasteiger partial charge in [0.2, 0.25) is 11.8 Å². The van der Waals surface area contributed by atoms with E-state index in [1.54, 1.807) is 48.2 Å². The van der Waals surface area contributed by atoms with Crippen molar-refractivity contribution in [2.75, 3.05) is 10.8 Å². The predicted octanol–water partition coefficient (Wildman–Crippen LogP) is 6.85. The average molecular weight is 658 g/mol. The molecule has 0 heterocycles. The van der Waals surface area contributed by atoms with Gasteiger partial charge >= 0.3 is 0 Å². The Balaban J connectivity index is 1.59. The van der Waals surface area contributed by atoms with Gasteiger partial charge in [0.25, 0.3) is 10.0 Å². The maximum atomic E-state index is 14.7. The van der Waals surface area contributed by atoms with Crippen molar-refractivity contribution in [1.82, 2.24) is 10.2 Å². The second-order valence-corrected chi connectivity index (χ2v) is 14.2. The maximum absolute atomic E-state index is 14.7. The first-order valence-corrected chi connectivity index (χ1v) is 17.5. The highest BCUT2D eigenvalue weighted by Gasteiger charge is 2.36. The molecule has 4 aromatic rings. The molecule has 1 aliphatic rings. The third-order valence-electron chi connectivity index (χ3n) is 8.62. The Morgan fingerprint density at radius 1 is 0.848 bits per heavy atom. The minimum absolute atomic E-state index is 0.0465. The SMILES string of the molecule is Cc1ccccc1CN(C(=O)CN(c1cc(Cl)ccc1C)S(=O)(=O)c1ccccc1)[C@@H](Cc1ccccc1)C(=O)NC1CCCC1. The Labute approximate surface area is 277 Å². The number of rotatable bonds is 12. The summed E-state index contributed by atoms with van der Waals surface area (Å²) >= 11 is 6.37. The maximum Gasteiger partial charge on any atom is 0.264 e. The summed E-state index contributed by atoms with van der Waals surface area (Å²) in [6, 6.07) is 29.5. The molecule has 0 radical (unpaired) electrons. The molecule has 1 saturated carbocycles. The summed E-state index contributed by atoms with van der Waals surface area (Å²) in [6.45, 7) is 3.35. The van der Waals surface area contributed by atoms with E-state index in [1.165, 1.54) is 12.1 Å². The van der Waals surface area contributed by atoms with Gasteiger partial charge in [0.15, 0.2) is 0 Å². The molecule has 0 saturated heterocycles. The van der Waals surface area contributed by atoms with Crippen LogP contribution in [0.2, 0.25) is 5.02 Å². The van der Waals surface area contributed by atoms with Crippen LogP contribution in [0.5, 0.6) is 0 Å². The normalized spacial score (nSPS) is 14.1. The van der Waals surface area contributed by atoms with Gasteiger partial charge in [-0.05, 0) is 73.2 Å². The number of carbonyl (C=O) groups is 2. The lowest BCUT2D eigenvalue weighted by Crippen LogP contribution is -2.54. The lowest BCUT2D eigenvalue weighted by molar-refractivity contribution is -0.140. The van der Waals surface area contributed by atoms with Crippen LogP contribution in [0, 0.1) is 13.8 Å². The summed E-state index contributed by atoms with van der Waals surface area (Å²) in [4.78, 5) is 30.4.